The lowest BCUT2D eigenvalue weighted by molar-refractivity contribution is 0.796. The minimum absolute atomic E-state index is 0.269. The molecule has 0 saturated carbocycles. The first-order chi connectivity index (χ1) is 10.2. The van der Waals surface area contributed by atoms with Crippen molar-refractivity contribution >= 4 is 39.2 Å². The number of nitrogens with zero attached hydrogens (tertiary/aromatic N) is 5. The van der Waals surface area contributed by atoms with E-state index in [0.29, 0.717) is 18.4 Å². The van der Waals surface area contributed by atoms with E-state index in [-0.39, 0.29) is 5.95 Å². The fourth-order valence-corrected chi connectivity index (χ4v) is 3.03. The zero-order chi connectivity index (χ0) is 14.7. The maximum absolute atomic E-state index is 5.39. The normalized spacial score (nSPS) is 10.6. The van der Waals surface area contributed by atoms with Crippen molar-refractivity contribution in [2.75, 3.05) is 10.7 Å². The molecule has 4 N–H and O–H groups in total. The second-order valence-corrected chi connectivity index (χ2v) is 6.48. The fourth-order valence-electron chi connectivity index (χ4n) is 1.61. The number of thiophene rings is 1. The Morgan fingerprint density at radius 2 is 2.10 bits per heavy atom. The SMILES string of the molecule is NNc1nc(NCc2ccc(Br)s2)nc(-n2cccn2)n1. The molecule has 0 saturated heterocycles. The van der Waals surface area contributed by atoms with Crippen molar-refractivity contribution in [3.05, 3.63) is 39.3 Å². The monoisotopic (exact) mass is 366 g/mol. The molecule has 10 heteroatoms. The number of rotatable bonds is 5. The lowest BCUT2D eigenvalue weighted by atomic mass is 10.5. The summed E-state index contributed by atoms with van der Waals surface area (Å²) in [5.74, 6) is 6.47. The van der Waals surface area contributed by atoms with Crippen molar-refractivity contribution < 1.29 is 0 Å². The number of anilines is 2. The highest BCUT2D eigenvalue weighted by molar-refractivity contribution is 9.11. The van der Waals surface area contributed by atoms with Gasteiger partial charge in [-0.05, 0) is 34.1 Å². The molecule has 8 nitrogen and oxygen atoms in total. The molecule has 21 heavy (non-hydrogen) atoms. The van der Waals surface area contributed by atoms with Gasteiger partial charge in [0.15, 0.2) is 0 Å². The van der Waals surface area contributed by atoms with Crippen LogP contribution in [0.1, 0.15) is 4.88 Å². The molecule has 0 aromatic carbocycles. The van der Waals surface area contributed by atoms with Crippen LogP contribution in [0.3, 0.4) is 0 Å². The van der Waals surface area contributed by atoms with Gasteiger partial charge in [0.05, 0.1) is 10.3 Å². The van der Waals surface area contributed by atoms with Gasteiger partial charge in [-0.2, -0.15) is 20.1 Å². The Hall–Kier alpha value is -2.04. The van der Waals surface area contributed by atoms with Gasteiger partial charge < -0.3 is 5.32 Å². The Balaban J connectivity index is 1.82. The molecule has 0 spiro atoms. The number of nitrogens with two attached hydrogens (primary N) is 1. The van der Waals surface area contributed by atoms with Crippen molar-refractivity contribution in [1.29, 1.82) is 0 Å². The summed E-state index contributed by atoms with van der Waals surface area (Å²) < 4.78 is 2.62. The van der Waals surface area contributed by atoms with Crippen LogP contribution in [0.4, 0.5) is 11.9 Å². The molecule has 3 heterocycles. The van der Waals surface area contributed by atoms with Crippen LogP contribution in [-0.4, -0.2) is 24.7 Å². The average molecular weight is 367 g/mol. The molecule has 3 rings (SSSR count). The highest BCUT2D eigenvalue weighted by Gasteiger charge is 2.08. The number of hydrazine groups is 1. The molecular weight excluding hydrogens is 356 g/mol. The van der Waals surface area contributed by atoms with E-state index in [1.807, 2.05) is 12.1 Å². The van der Waals surface area contributed by atoms with Gasteiger partial charge in [0.2, 0.25) is 11.9 Å². The third-order valence-electron chi connectivity index (χ3n) is 2.51. The van der Waals surface area contributed by atoms with Crippen LogP contribution in [0.15, 0.2) is 34.4 Å². The number of hydrogen-bond donors (Lipinski definition) is 3. The number of aromatic nitrogens is 5. The smallest absolute Gasteiger partial charge is 0.257 e. The van der Waals surface area contributed by atoms with E-state index in [4.69, 9.17) is 5.84 Å². The summed E-state index contributed by atoms with van der Waals surface area (Å²) in [7, 11) is 0. The molecule has 108 valence electrons. The van der Waals surface area contributed by atoms with Crippen molar-refractivity contribution in [3.63, 3.8) is 0 Å². The second-order valence-electron chi connectivity index (χ2n) is 3.94. The third kappa shape index (κ3) is 3.35. The van der Waals surface area contributed by atoms with Gasteiger partial charge in [0, 0.05) is 17.3 Å². The minimum atomic E-state index is 0.269. The van der Waals surface area contributed by atoms with Gasteiger partial charge in [-0.25, -0.2) is 10.5 Å². The molecule has 3 aromatic heterocycles. The summed E-state index contributed by atoms with van der Waals surface area (Å²) in [6.45, 7) is 0.614. The van der Waals surface area contributed by atoms with Crippen LogP contribution in [0, 0.1) is 0 Å². The van der Waals surface area contributed by atoms with Crippen LogP contribution in [-0.2, 0) is 6.54 Å². The van der Waals surface area contributed by atoms with Gasteiger partial charge in [-0.15, -0.1) is 11.3 Å². The van der Waals surface area contributed by atoms with Gasteiger partial charge >= 0.3 is 0 Å². The summed E-state index contributed by atoms with van der Waals surface area (Å²) in [4.78, 5) is 13.8. The van der Waals surface area contributed by atoms with Gasteiger partial charge in [0.1, 0.15) is 0 Å². The number of halogens is 1. The Labute approximate surface area is 132 Å². The molecule has 0 fully saturated rings. The lowest BCUT2D eigenvalue weighted by Crippen LogP contribution is -2.15. The average Bonchev–Trinajstić information content (AvgIpc) is 3.16. The first-order valence-corrected chi connectivity index (χ1v) is 7.56. The topological polar surface area (TPSA) is 107 Å². The number of nitrogens with one attached hydrogen (secondary N) is 2. The fraction of sp³-hybridized carbons (Fsp3) is 0.0909. The largest absolute Gasteiger partial charge is 0.349 e. The van der Waals surface area contributed by atoms with Gasteiger partial charge in [0.25, 0.3) is 5.95 Å². The molecular formula is C11H11BrN8S. The maximum atomic E-state index is 5.39. The van der Waals surface area contributed by atoms with E-state index < -0.39 is 0 Å². The third-order valence-corrected chi connectivity index (χ3v) is 4.14. The van der Waals surface area contributed by atoms with Gasteiger partial charge in [-0.3, -0.25) is 5.43 Å². The highest BCUT2D eigenvalue weighted by atomic mass is 79.9. The van der Waals surface area contributed by atoms with Crippen molar-refractivity contribution in [2.45, 2.75) is 6.54 Å². The minimum Gasteiger partial charge on any atom is -0.349 e. The molecule has 0 amide bonds. The van der Waals surface area contributed by atoms with Crippen molar-refractivity contribution in [1.82, 2.24) is 24.7 Å². The van der Waals surface area contributed by atoms with E-state index in [2.05, 4.69) is 46.7 Å². The Morgan fingerprint density at radius 1 is 1.24 bits per heavy atom. The van der Waals surface area contributed by atoms with Crippen molar-refractivity contribution in [2.24, 2.45) is 5.84 Å². The number of nitrogen functional groups attached to an aromatic ring is 1. The predicted octanol–water partition coefficient (Wildman–Crippen LogP) is 1.78. The summed E-state index contributed by atoms with van der Waals surface area (Å²) in [5.41, 5.74) is 2.42. The number of hydrogen-bond acceptors (Lipinski definition) is 8. The van der Waals surface area contributed by atoms with E-state index in [9.17, 15) is 0 Å². The van der Waals surface area contributed by atoms with Crippen LogP contribution in [0.2, 0.25) is 0 Å². The molecule has 0 unspecified atom stereocenters. The molecule has 0 aliphatic rings. The summed E-state index contributed by atoms with van der Waals surface area (Å²) in [6.07, 6.45) is 3.39. The lowest BCUT2D eigenvalue weighted by Gasteiger charge is -2.07. The zero-order valence-corrected chi connectivity index (χ0v) is 13.1. The summed E-state index contributed by atoms with van der Waals surface area (Å²) in [6, 6.07) is 5.81. The second kappa shape index (κ2) is 6.16. The molecule has 0 radical (unpaired) electrons. The Bertz CT molecular complexity index is 726. The van der Waals surface area contributed by atoms with Crippen molar-refractivity contribution in [3.8, 4) is 5.95 Å². The molecule has 3 aromatic rings. The summed E-state index contributed by atoms with van der Waals surface area (Å²) >= 11 is 5.07. The van der Waals surface area contributed by atoms with E-state index >= 15 is 0 Å². The molecule has 0 atom stereocenters. The molecule has 0 aliphatic carbocycles. The highest BCUT2D eigenvalue weighted by Crippen LogP contribution is 2.22. The van der Waals surface area contributed by atoms with Crippen LogP contribution < -0.4 is 16.6 Å². The van der Waals surface area contributed by atoms with E-state index in [1.165, 1.54) is 4.68 Å². The maximum Gasteiger partial charge on any atom is 0.257 e. The first-order valence-electron chi connectivity index (χ1n) is 5.95. The van der Waals surface area contributed by atoms with E-state index in [1.54, 1.807) is 29.8 Å². The van der Waals surface area contributed by atoms with Crippen LogP contribution in [0.25, 0.3) is 5.95 Å². The summed E-state index contributed by atoms with van der Waals surface area (Å²) in [5, 5.41) is 7.23. The zero-order valence-electron chi connectivity index (χ0n) is 10.7. The Morgan fingerprint density at radius 3 is 2.76 bits per heavy atom. The van der Waals surface area contributed by atoms with Crippen LogP contribution in [0.5, 0.6) is 0 Å². The Kier molecular flexibility index (Phi) is 4.08. The van der Waals surface area contributed by atoms with Gasteiger partial charge in [-0.1, -0.05) is 0 Å². The quantitative estimate of drug-likeness (QED) is 0.466. The molecule has 0 bridgehead atoms. The van der Waals surface area contributed by atoms with Crippen LogP contribution >= 0.6 is 27.3 Å². The molecule has 0 aliphatic heterocycles. The predicted molar refractivity (Wildman–Crippen MR) is 84.1 cm³/mol. The first kappa shape index (κ1) is 13.9. The van der Waals surface area contributed by atoms with E-state index in [0.717, 1.165) is 8.66 Å². The standard InChI is InChI=1S/C11H11BrN8S/c12-8-3-2-7(21-8)6-14-9-16-10(19-13)18-11(17-9)20-5-1-4-15-20/h1-5H,6,13H2,(H2,14,16,17,18,19).